The summed E-state index contributed by atoms with van der Waals surface area (Å²) in [6.07, 6.45) is 0. The summed E-state index contributed by atoms with van der Waals surface area (Å²) in [7, 11) is 1.90. The van der Waals surface area contributed by atoms with Gasteiger partial charge in [0, 0.05) is 17.4 Å². The van der Waals surface area contributed by atoms with Crippen LogP contribution < -0.4 is 16.0 Å². The molecule has 0 fully saturated rings. The number of hydrogen-bond acceptors (Lipinski definition) is 3. The Balaban J connectivity index is 2.02. The smallest absolute Gasteiger partial charge is 0.313 e. The Hall–Kier alpha value is -2.40. The lowest BCUT2D eigenvalue weighted by molar-refractivity contribution is 0.262. The van der Waals surface area contributed by atoms with Gasteiger partial charge in [0.05, 0.1) is 0 Å². The summed E-state index contributed by atoms with van der Waals surface area (Å²) in [5.41, 5.74) is 2.72. The molecule has 1 aromatic carbocycles. The van der Waals surface area contributed by atoms with Gasteiger partial charge in [-0.25, -0.2) is 9.78 Å². The zero-order valence-electron chi connectivity index (χ0n) is 12.5. The number of benzene rings is 1. The van der Waals surface area contributed by atoms with Crippen molar-refractivity contribution in [3.05, 3.63) is 53.7 Å². The third-order valence-electron chi connectivity index (χ3n) is 3.21. The van der Waals surface area contributed by atoms with Crippen molar-refractivity contribution >= 4 is 17.5 Å². The fourth-order valence-corrected chi connectivity index (χ4v) is 1.94. The Morgan fingerprint density at radius 1 is 1.14 bits per heavy atom. The van der Waals surface area contributed by atoms with E-state index in [4.69, 9.17) is 0 Å². The zero-order chi connectivity index (χ0) is 15.2. The van der Waals surface area contributed by atoms with Crippen LogP contribution in [0.1, 0.15) is 24.2 Å². The maximum Gasteiger partial charge on any atom is 0.324 e. The van der Waals surface area contributed by atoms with Crippen LogP contribution in [0.5, 0.6) is 0 Å². The molecule has 1 atom stereocenters. The Bertz CT molecular complexity index is 627. The van der Waals surface area contributed by atoms with Crippen molar-refractivity contribution in [3.8, 4) is 0 Å². The summed E-state index contributed by atoms with van der Waals surface area (Å²) in [6.45, 7) is 3.95. The van der Waals surface area contributed by atoms with E-state index in [0.717, 1.165) is 16.9 Å². The Kier molecular flexibility index (Phi) is 4.90. The molecule has 1 heterocycles. The second-order valence-electron chi connectivity index (χ2n) is 4.88. The summed E-state index contributed by atoms with van der Waals surface area (Å²) in [4.78, 5) is 16.2. The highest BCUT2D eigenvalue weighted by Crippen LogP contribution is 2.17. The Morgan fingerprint density at radius 3 is 2.62 bits per heavy atom. The third-order valence-corrected chi connectivity index (χ3v) is 3.21. The first kappa shape index (κ1) is 15.0. The second-order valence-corrected chi connectivity index (χ2v) is 4.88. The molecule has 110 valence electrons. The van der Waals surface area contributed by atoms with Gasteiger partial charge in [0.25, 0.3) is 0 Å². The highest BCUT2D eigenvalue weighted by molar-refractivity contribution is 5.99. The molecule has 21 heavy (non-hydrogen) atoms. The maximum atomic E-state index is 12.0. The first-order chi connectivity index (χ1) is 10.1. The van der Waals surface area contributed by atoms with Gasteiger partial charge in [0.15, 0.2) is 0 Å². The normalized spacial score (nSPS) is 11.8. The summed E-state index contributed by atoms with van der Waals surface area (Å²) in [5.74, 6) is 0.534. The lowest BCUT2D eigenvalue weighted by atomic mass is 10.1. The minimum absolute atomic E-state index is 0.230. The standard InChI is InChI=1S/C16H20N4O/c1-11-6-4-9-15(18-11)20-16(21)19-14-8-5-7-13(10-14)12(2)17-3/h4-10,12,17H,1-3H3,(H2,18,19,20,21). The van der Waals surface area contributed by atoms with Crippen LogP contribution >= 0.6 is 0 Å². The first-order valence-corrected chi connectivity index (χ1v) is 6.87. The molecule has 0 aliphatic heterocycles. The number of carbonyl (C=O) groups is 1. The van der Waals surface area contributed by atoms with Gasteiger partial charge in [-0.15, -0.1) is 0 Å². The van der Waals surface area contributed by atoms with Crippen molar-refractivity contribution in [1.29, 1.82) is 0 Å². The number of urea groups is 1. The predicted molar refractivity (Wildman–Crippen MR) is 85.5 cm³/mol. The van der Waals surface area contributed by atoms with Crippen LogP contribution in [-0.4, -0.2) is 18.1 Å². The molecule has 0 bridgehead atoms. The van der Waals surface area contributed by atoms with Crippen LogP contribution in [0.15, 0.2) is 42.5 Å². The van der Waals surface area contributed by atoms with Crippen molar-refractivity contribution in [1.82, 2.24) is 10.3 Å². The van der Waals surface area contributed by atoms with E-state index in [1.807, 2.05) is 50.4 Å². The summed E-state index contributed by atoms with van der Waals surface area (Å²) >= 11 is 0. The van der Waals surface area contributed by atoms with Crippen molar-refractivity contribution < 1.29 is 4.79 Å². The number of nitrogens with zero attached hydrogens (tertiary/aromatic N) is 1. The number of aromatic nitrogens is 1. The number of anilines is 2. The molecule has 2 amide bonds. The molecular weight excluding hydrogens is 264 g/mol. The van der Waals surface area contributed by atoms with E-state index in [1.165, 1.54) is 0 Å². The molecule has 3 N–H and O–H groups in total. The lowest BCUT2D eigenvalue weighted by Gasteiger charge is -2.13. The largest absolute Gasteiger partial charge is 0.324 e. The van der Waals surface area contributed by atoms with E-state index < -0.39 is 0 Å². The number of nitrogens with one attached hydrogen (secondary N) is 3. The predicted octanol–water partition coefficient (Wildman–Crippen LogP) is 3.31. The highest BCUT2D eigenvalue weighted by atomic mass is 16.2. The fraction of sp³-hybridized carbons (Fsp3) is 0.250. The molecule has 0 saturated heterocycles. The molecule has 1 aromatic heterocycles. The van der Waals surface area contributed by atoms with Crippen LogP contribution in [0, 0.1) is 6.92 Å². The van der Waals surface area contributed by atoms with Gasteiger partial charge >= 0.3 is 6.03 Å². The molecule has 2 aromatic rings. The number of rotatable bonds is 4. The monoisotopic (exact) mass is 284 g/mol. The molecular formula is C16H20N4O. The third kappa shape index (κ3) is 4.29. The van der Waals surface area contributed by atoms with Crippen molar-refractivity contribution in [2.75, 3.05) is 17.7 Å². The molecule has 0 radical (unpaired) electrons. The SMILES string of the molecule is CNC(C)c1cccc(NC(=O)Nc2cccc(C)n2)c1. The highest BCUT2D eigenvalue weighted by Gasteiger charge is 2.06. The van der Waals surface area contributed by atoms with Gasteiger partial charge in [-0.1, -0.05) is 18.2 Å². The van der Waals surface area contributed by atoms with E-state index in [2.05, 4.69) is 27.9 Å². The molecule has 1 unspecified atom stereocenters. The number of pyridine rings is 1. The van der Waals surface area contributed by atoms with Crippen molar-refractivity contribution in [2.45, 2.75) is 19.9 Å². The zero-order valence-corrected chi connectivity index (χ0v) is 12.5. The van der Waals surface area contributed by atoms with E-state index >= 15 is 0 Å². The topological polar surface area (TPSA) is 66.0 Å². The van der Waals surface area contributed by atoms with Gasteiger partial charge in [-0.3, -0.25) is 5.32 Å². The summed E-state index contributed by atoms with van der Waals surface area (Å²) in [5, 5.41) is 8.70. The second kappa shape index (κ2) is 6.85. The van der Waals surface area contributed by atoms with Crippen LogP contribution in [0.25, 0.3) is 0 Å². The Labute approximate surface area is 124 Å². The summed E-state index contributed by atoms with van der Waals surface area (Å²) < 4.78 is 0. The number of hydrogen-bond donors (Lipinski definition) is 3. The maximum absolute atomic E-state index is 12.0. The van der Waals surface area contributed by atoms with Gasteiger partial charge in [-0.2, -0.15) is 0 Å². The molecule has 0 saturated carbocycles. The quantitative estimate of drug-likeness (QED) is 0.807. The minimum atomic E-state index is -0.303. The van der Waals surface area contributed by atoms with Gasteiger partial charge in [0.1, 0.15) is 5.82 Å². The first-order valence-electron chi connectivity index (χ1n) is 6.87. The number of amides is 2. The number of aryl methyl sites for hydroxylation is 1. The van der Waals surface area contributed by atoms with Crippen LogP contribution in [0.4, 0.5) is 16.3 Å². The molecule has 0 spiro atoms. The van der Waals surface area contributed by atoms with Gasteiger partial charge in [0.2, 0.25) is 0 Å². The molecule has 5 nitrogen and oxygen atoms in total. The lowest BCUT2D eigenvalue weighted by Crippen LogP contribution is -2.20. The molecule has 5 heteroatoms. The fourth-order valence-electron chi connectivity index (χ4n) is 1.94. The molecule has 0 aliphatic rings. The average molecular weight is 284 g/mol. The van der Waals surface area contributed by atoms with Crippen LogP contribution in [0.3, 0.4) is 0 Å². The summed E-state index contributed by atoms with van der Waals surface area (Å²) in [6, 6.07) is 13.2. The van der Waals surface area contributed by atoms with E-state index in [-0.39, 0.29) is 12.1 Å². The molecule has 0 aliphatic carbocycles. The van der Waals surface area contributed by atoms with E-state index in [0.29, 0.717) is 5.82 Å². The van der Waals surface area contributed by atoms with Crippen LogP contribution in [-0.2, 0) is 0 Å². The molecule has 2 rings (SSSR count). The number of carbonyl (C=O) groups excluding carboxylic acids is 1. The van der Waals surface area contributed by atoms with E-state index in [9.17, 15) is 4.79 Å². The van der Waals surface area contributed by atoms with Crippen molar-refractivity contribution in [2.24, 2.45) is 0 Å². The Morgan fingerprint density at radius 2 is 1.90 bits per heavy atom. The average Bonchev–Trinajstić information content (AvgIpc) is 2.46. The van der Waals surface area contributed by atoms with Gasteiger partial charge < -0.3 is 10.6 Å². The van der Waals surface area contributed by atoms with Crippen molar-refractivity contribution in [3.63, 3.8) is 0 Å². The van der Waals surface area contributed by atoms with Crippen LogP contribution in [0.2, 0.25) is 0 Å². The minimum Gasteiger partial charge on any atom is -0.313 e. The van der Waals surface area contributed by atoms with Gasteiger partial charge in [-0.05, 0) is 50.7 Å². The van der Waals surface area contributed by atoms with E-state index in [1.54, 1.807) is 6.07 Å².